The standard InChI is InChI=1S/C9H18N4O/c1-9(2,3)13-5-4-6-7(8(13)14)11-12-10-6/h6-7,10-12H,4-5H2,1-3H3. The maximum Gasteiger partial charge on any atom is 0.243 e. The summed E-state index contributed by atoms with van der Waals surface area (Å²) in [4.78, 5) is 14.0. The molecular weight excluding hydrogens is 180 g/mol. The summed E-state index contributed by atoms with van der Waals surface area (Å²) in [5, 5.41) is 0. The summed E-state index contributed by atoms with van der Waals surface area (Å²) in [6, 6.07) is 0.129. The number of likely N-dealkylation sites (tertiary alicyclic amines) is 1. The topological polar surface area (TPSA) is 56.4 Å². The van der Waals surface area contributed by atoms with E-state index < -0.39 is 0 Å². The molecule has 0 aromatic rings. The van der Waals surface area contributed by atoms with Crippen LogP contribution in [0.25, 0.3) is 0 Å². The van der Waals surface area contributed by atoms with Crippen molar-refractivity contribution in [3.8, 4) is 0 Å². The van der Waals surface area contributed by atoms with Crippen molar-refractivity contribution in [2.24, 2.45) is 0 Å². The summed E-state index contributed by atoms with van der Waals surface area (Å²) in [7, 11) is 0. The predicted molar refractivity (Wildman–Crippen MR) is 53.1 cm³/mol. The molecule has 0 saturated carbocycles. The number of rotatable bonds is 0. The Labute approximate surface area is 84.2 Å². The van der Waals surface area contributed by atoms with Crippen LogP contribution in [0.1, 0.15) is 27.2 Å². The maximum absolute atomic E-state index is 12.0. The van der Waals surface area contributed by atoms with Gasteiger partial charge in [-0.1, -0.05) is 0 Å². The van der Waals surface area contributed by atoms with Crippen molar-refractivity contribution in [1.82, 2.24) is 21.3 Å². The van der Waals surface area contributed by atoms with Crippen LogP contribution in [0.3, 0.4) is 0 Å². The second kappa shape index (κ2) is 3.18. The zero-order valence-electron chi connectivity index (χ0n) is 8.92. The smallest absolute Gasteiger partial charge is 0.243 e. The number of nitrogens with zero attached hydrogens (tertiary/aromatic N) is 1. The number of hydrogen-bond donors (Lipinski definition) is 3. The Hall–Kier alpha value is -0.650. The van der Waals surface area contributed by atoms with Crippen molar-refractivity contribution < 1.29 is 4.79 Å². The molecule has 80 valence electrons. The van der Waals surface area contributed by atoms with Gasteiger partial charge in [0.15, 0.2) is 0 Å². The minimum absolute atomic E-state index is 0.0771. The summed E-state index contributed by atoms with van der Waals surface area (Å²) in [6.07, 6.45) is 0.994. The first-order chi connectivity index (χ1) is 6.50. The van der Waals surface area contributed by atoms with Crippen molar-refractivity contribution in [3.63, 3.8) is 0 Å². The highest BCUT2D eigenvalue weighted by Crippen LogP contribution is 2.22. The largest absolute Gasteiger partial charge is 0.336 e. The van der Waals surface area contributed by atoms with Crippen molar-refractivity contribution in [1.29, 1.82) is 0 Å². The molecular formula is C9H18N4O. The molecule has 2 atom stereocenters. The maximum atomic E-state index is 12.0. The molecule has 0 spiro atoms. The second-order valence-electron chi connectivity index (χ2n) is 4.95. The fraction of sp³-hybridized carbons (Fsp3) is 0.889. The van der Waals surface area contributed by atoms with E-state index in [-0.39, 0.29) is 23.5 Å². The van der Waals surface area contributed by atoms with Crippen molar-refractivity contribution >= 4 is 5.91 Å². The molecule has 2 saturated heterocycles. The van der Waals surface area contributed by atoms with Crippen molar-refractivity contribution in [3.05, 3.63) is 0 Å². The summed E-state index contributed by atoms with van der Waals surface area (Å²) in [6.45, 7) is 7.04. The molecule has 0 aliphatic carbocycles. The average Bonchev–Trinajstić information content (AvgIpc) is 2.50. The first kappa shape index (κ1) is 9.89. The Morgan fingerprint density at radius 2 is 2.07 bits per heavy atom. The van der Waals surface area contributed by atoms with E-state index in [0.717, 1.165) is 13.0 Å². The van der Waals surface area contributed by atoms with Gasteiger partial charge in [-0.25, -0.2) is 10.9 Å². The molecule has 5 heteroatoms. The second-order valence-corrected chi connectivity index (χ2v) is 4.95. The summed E-state index contributed by atoms with van der Waals surface area (Å²) >= 11 is 0. The van der Waals surface area contributed by atoms with Crippen LogP contribution in [-0.2, 0) is 4.79 Å². The van der Waals surface area contributed by atoms with Gasteiger partial charge < -0.3 is 4.90 Å². The quantitative estimate of drug-likeness (QED) is 0.485. The van der Waals surface area contributed by atoms with E-state index in [1.54, 1.807) is 0 Å². The third-order valence-corrected chi connectivity index (χ3v) is 2.89. The number of hydrazine groups is 2. The normalized spacial score (nSPS) is 33.4. The first-order valence-corrected chi connectivity index (χ1v) is 5.08. The zero-order chi connectivity index (χ0) is 10.3. The summed E-state index contributed by atoms with van der Waals surface area (Å²) < 4.78 is 0. The van der Waals surface area contributed by atoms with Gasteiger partial charge in [0, 0.05) is 18.1 Å². The molecule has 2 aliphatic heterocycles. The third kappa shape index (κ3) is 1.51. The predicted octanol–water partition coefficient (Wildman–Crippen LogP) is -0.633. The van der Waals surface area contributed by atoms with Crippen LogP contribution in [0.2, 0.25) is 0 Å². The zero-order valence-corrected chi connectivity index (χ0v) is 8.92. The molecule has 1 amide bonds. The number of amides is 1. The lowest BCUT2D eigenvalue weighted by Crippen LogP contribution is -2.60. The lowest BCUT2D eigenvalue weighted by Gasteiger charge is -2.41. The molecule has 5 nitrogen and oxygen atoms in total. The Bertz CT molecular complexity index is 248. The fourth-order valence-corrected chi connectivity index (χ4v) is 2.08. The van der Waals surface area contributed by atoms with Crippen LogP contribution < -0.4 is 16.4 Å². The van der Waals surface area contributed by atoms with E-state index in [4.69, 9.17) is 0 Å². The molecule has 2 rings (SSSR count). The highest BCUT2D eigenvalue weighted by atomic mass is 16.2. The number of fused-ring (bicyclic) bond motifs is 1. The SMILES string of the molecule is CC(C)(C)N1CCC2NNNC2C1=O. The molecule has 0 aromatic heterocycles. The van der Waals surface area contributed by atoms with Crippen LogP contribution in [0.5, 0.6) is 0 Å². The van der Waals surface area contributed by atoms with E-state index in [2.05, 4.69) is 37.2 Å². The molecule has 2 unspecified atom stereocenters. The Morgan fingerprint density at radius 3 is 2.71 bits per heavy atom. The van der Waals surface area contributed by atoms with Gasteiger partial charge in [-0.2, -0.15) is 5.53 Å². The van der Waals surface area contributed by atoms with Gasteiger partial charge in [-0.3, -0.25) is 4.79 Å². The van der Waals surface area contributed by atoms with E-state index in [1.165, 1.54) is 0 Å². The van der Waals surface area contributed by atoms with Crippen LogP contribution >= 0.6 is 0 Å². The molecule has 0 aromatic carbocycles. The minimum Gasteiger partial charge on any atom is -0.336 e. The highest BCUT2D eigenvalue weighted by molar-refractivity contribution is 5.84. The number of carbonyl (C=O) groups is 1. The molecule has 0 radical (unpaired) electrons. The van der Waals surface area contributed by atoms with Gasteiger partial charge in [0.1, 0.15) is 6.04 Å². The van der Waals surface area contributed by atoms with Gasteiger partial charge in [-0.15, -0.1) is 0 Å². The lowest BCUT2D eigenvalue weighted by atomic mass is 9.95. The molecule has 2 aliphatic rings. The summed E-state index contributed by atoms with van der Waals surface area (Å²) in [5.74, 6) is 0.186. The molecule has 0 bridgehead atoms. The Balaban J connectivity index is 2.13. The Kier molecular flexibility index (Phi) is 2.25. The van der Waals surface area contributed by atoms with E-state index in [0.29, 0.717) is 0 Å². The third-order valence-electron chi connectivity index (χ3n) is 2.89. The van der Waals surface area contributed by atoms with Crippen LogP contribution in [-0.4, -0.2) is 35.0 Å². The number of piperidine rings is 1. The first-order valence-electron chi connectivity index (χ1n) is 5.08. The lowest BCUT2D eigenvalue weighted by molar-refractivity contribution is -0.141. The van der Waals surface area contributed by atoms with Crippen molar-refractivity contribution in [2.75, 3.05) is 6.54 Å². The van der Waals surface area contributed by atoms with E-state index in [1.807, 2.05) is 4.90 Å². The van der Waals surface area contributed by atoms with Gasteiger partial charge >= 0.3 is 0 Å². The van der Waals surface area contributed by atoms with Crippen LogP contribution in [0.4, 0.5) is 0 Å². The molecule has 2 fully saturated rings. The van der Waals surface area contributed by atoms with Gasteiger partial charge in [0.05, 0.1) is 0 Å². The molecule has 2 heterocycles. The van der Waals surface area contributed by atoms with Gasteiger partial charge in [0.2, 0.25) is 5.91 Å². The number of carbonyl (C=O) groups excluding carboxylic acids is 1. The van der Waals surface area contributed by atoms with Crippen LogP contribution in [0.15, 0.2) is 0 Å². The average molecular weight is 198 g/mol. The molecule has 3 N–H and O–H groups in total. The Morgan fingerprint density at radius 1 is 1.36 bits per heavy atom. The molecule has 14 heavy (non-hydrogen) atoms. The van der Waals surface area contributed by atoms with E-state index >= 15 is 0 Å². The number of hydrogen-bond acceptors (Lipinski definition) is 4. The summed E-state index contributed by atoms with van der Waals surface area (Å²) in [5.41, 5.74) is 8.75. The van der Waals surface area contributed by atoms with E-state index in [9.17, 15) is 4.79 Å². The van der Waals surface area contributed by atoms with Gasteiger partial charge in [0.25, 0.3) is 0 Å². The highest BCUT2D eigenvalue weighted by Gasteiger charge is 2.42. The monoisotopic (exact) mass is 198 g/mol. The van der Waals surface area contributed by atoms with Gasteiger partial charge in [-0.05, 0) is 27.2 Å². The fourth-order valence-electron chi connectivity index (χ4n) is 2.08. The van der Waals surface area contributed by atoms with Crippen LogP contribution in [0, 0.1) is 0 Å². The minimum atomic E-state index is -0.108. The van der Waals surface area contributed by atoms with Crippen molar-refractivity contribution in [2.45, 2.75) is 44.8 Å². The number of nitrogens with one attached hydrogen (secondary N) is 3.